The lowest BCUT2D eigenvalue weighted by Gasteiger charge is -2.36. The summed E-state index contributed by atoms with van der Waals surface area (Å²) in [7, 11) is -1.59. The second kappa shape index (κ2) is 5.51. The number of nitrogens with zero attached hydrogens (tertiary/aromatic N) is 2. The number of hydrogen-bond donors (Lipinski definition) is 0. The summed E-state index contributed by atoms with van der Waals surface area (Å²) in [5, 5.41) is 9.13. The Labute approximate surface area is 107 Å². The molecule has 1 rings (SSSR count). The summed E-state index contributed by atoms with van der Waals surface area (Å²) in [5.41, 5.74) is 0. The first kappa shape index (κ1) is 14.7. The first-order valence-electron chi connectivity index (χ1n) is 6.52. The first-order valence-corrected chi connectivity index (χ1v) is 9.43. The van der Waals surface area contributed by atoms with E-state index in [4.69, 9.17) is 9.69 Å². The molecule has 1 heterocycles. The summed E-state index contributed by atoms with van der Waals surface area (Å²) in [6.45, 7) is 15.1. The van der Waals surface area contributed by atoms with Crippen molar-refractivity contribution in [1.29, 1.82) is 5.26 Å². The molecule has 0 spiro atoms. The molecule has 0 amide bonds. The predicted octanol–water partition coefficient (Wildman–Crippen LogP) is 2.85. The van der Waals surface area contributed by atoms with Crippen LogP contribution in [-0.2, 0) is 4.43 Å². The van der Waals surface area contributed by atoms with Gasteiger partial charge in [0.15, 0.2) is 8.32 Å². The van der Waals surface area contributed by atoms with Crippen molar-refractivity contribution in [3.63, 3.8) is 0 Å². The second-order valence-corrected chi connectivity index (χ2v) is 11.3. The fourth-order valence-corrected chi connectivity index (χ4v) is 2.82. The molecule has 0 bridgehead atoms. The molecule has 17 heavy (non-hydrogen) atoms. The van der Waals surface area contributed by atoms with Crippen molar-refractivity contribution in [1.82, 2.24) is 4.90 Å². The Morgan fingerprint density at radius 2 is 2.06 bits per heavy atom. The van der Waals surface area contributed by atoms with E-state index in [0.29, 0.717) is 0 Å². The largest absolute Gasteiger partial charge is 0.416 e. The molecule has 0 saturated carbocycles. The lowest BCUT2D eigenvalue weighted by atomic mass is 10.1. The molecule has 1 saturated heterocycles. The van der Waals surface area contributed by atoms with Gasteiger partial charge in [-0.15, -0.1) is 0 Å². The van der Waals surface area contributed by atoms with E-state index in [1.54, 1.807) is 0 Å². The molecule has 0 radical (unpaired) electrons. The van der Waals surface area contributed by atoms with E-state index >= 15 is 0 Å². The number of rotatable bonds is 4. The molecule has 0 aromatic carbocycles. The highest BCUT2D eigenvalue weighted by Crippen LogP contribution is 2.36. The van der Waals surface area contributed by atoms with Gasteiger partial charge in [-0.25, -0.2) is 0 Å². The lowest BCUT2D eigenvalue weighted by molar-refractivity contribution is 0.221. The smallest absolute Gasteiger partial charge is 0.192 e. The maximum absolute atomic E-state index is 8.84. The summed E-state index contributed by atoms with van der Waals surface area (Å²) < 4.78 is 6.14. The highest BCUT2D eigenvalue weighted by atomic mass is 28.4. The van der Waals surface area contributed by atoms with Crippen molar-refractivity contribution >= 4 is 8.32 Å². The van der Waals surface area contributed by atoms with Crippen LogP contribution in [-0.4, -0.2) is 39.5 Å². The standard InChI is InChI=1S/C13H26N2OSi/c1-13(2,3)17(4,5)16-9-8-15-7-6-12(10-14)11-15/h12H,6-9,11H2,1-5H3. The van der Waals surface area contributed by atoms with Gasteiger partial charge < -0.3 is 4.43 Å². The quantitative estimate of drug-likeness (QED) is 0.724. The van der Waals surface area contributed by atoms with Crippen molar-refractivity contribution in [3.05, 3.63) is 0 Å². The maximum Gasteiger partial charge on any atom is 0.192 e. The minimum Gasteiger partial charge on any atom is -0.416 e. The highest BCUT2D eigenvalue weighted by Gasteiger charge is 2.37. The molecule has 0 N–H and O–H groups in total. The van der Waals surface area contributed by atoms with E-state index in [2.05, 4.69) is 44.8 Å². The average Bonchev–Trinajstić information content (AvgIpc) is 2.63. The van der Waals surface area contributed by atoms with Gasteiger partial charge in [-0.05, 0) is 31.1 Å². The van der Waals surface area contributed by atoms with E-state index in [-0.39, 0.29) is 11.0 Å². The van der Waals surface area contributed by atoms with Crippen LogP contribution in [0.4, 0.5) is 0 Å². The molecule has 1 aliphatic heterocycles. The van der Waals surface area contributed by atoms with Gasteiger partial charge in [0.1, 0.15) is 0 Å². The second-order valence-electron chi connectivity index (χ2n) is 6.52. The number of nitriles is 1. The third-order valence-electron chi connectivity index (χ3n) is 4.13. The fourth-order valence-electron chi connectivity index (χ4n) is 1.79. The molecule has 0 aromatic rings. The van der Waals surface area contributed by atoms with Crippen LogP contribution in [0.1, 0.15) is 27.2 Å². The topological polar surface area (TPSA) is 36.3 Å². The van der Waals surface area contributed by atoms with Gasteiger partial charge in [0.2, 0.25) is 0 Å². The van der Waals surface area contributed by atoms with Crippen molar-refractivity contribution in [2.45, 2.75) is 45.3 Å². The summed E-state index contributed by atoms with van der Waals surface area (Å²) in [6, 6.07) is 2.35. The Hall–Kier alpha value is -0.373. The summed E-state index contributed by atoms with van der Waals surface area (Å²) in [4.78, 5) is 2.35. The summed E-state index contributed by atoms with van der Waals surface area (Å²) in [6.07, 6.45) is 1.02. The summed E-state index contributed by atoms with van der Waals surface area (Å²) in [5.74, 6) is 0.239. The molecular formula is C13H26N2OSi. The van der Waals surface area contributed by atoms with Crippen molar-refractivity contribution in [2.75, 3.05) is 26.2 Å². The van der Waals surface area contributed by atoms with Gasteiger partial charge in [0.25, 0.3) is 0 Å². The predicted molar refractivity (Wildman–Crippen MR) is 73.3 cm³/mol. The lowest BCUT2D eigenvalue weighted by Crippen LogP contribution is -2.42. The molecule has 0 aliphatic carbocycles. The van der Waals surface area contributed by atoms with Gasteiger partial charge >= 0.3 is 0 Å². The maximum atomic E-state index is 8.84. The van der Waals surface area contributed by atoms with Crippen LogP contribution >= 0.6 is 0 Å². The Balaban J connectivity index is 2.28. The number of likely N-dealkylation sites (tertiary alicyclic amines) is 1. The van der Waals surface area contributed by atoms with E-state index in [0.717, 1.165) is 32.7 Å². The zero-order valence-corrected chi connectivity index (χ0v) is 12.9. The fraction of sp³-hybridized carbons (Fsp3) is 0.923. The van der Waals surface area contributed by atoms with Crippen LogP contribution in [0, 0.1) is 17.2 Å². The van der Waals surface area contributed by atoms with Gasteiger partial charge in [-0.3, -0.25) is 4.90 Å². The van der Waals surface area contributed by atoms with Gasteiger partial charge in [-0.2, -0.15) is 5.26 Å². The minimum absolute atomic E-state index is 0.239. The van der Waals surface area contributed by atoms with Crippen LogP contribution in [0.5, 0.6) is 0 Å². The van der Waals surface area contributed by atoms with Crippen LogP contribution in [0.25, 0.3) is 0 Å². The summed E-state index contributed by atoms with van der Waals surface area (Å²) >= 11 is 0. The Kier molecular flexibility index (Phi) is 4.76. The Morgan fingerprint density at radius 3 is 2.53 bits per heavy atom. The van der Waals surface area contributed by atoms with Crippen molar-refractivity contribution in [2.24, 2.45) is 5.92 Å². The average molecular weight is 254 g/mol. The van der Waals surface area contributed by atoms with Gasteiger partial charge in [0.05, 0.1) is 12.0 Å². The normalized spacial score (nSPS) is 22.7. The molecule has 0 aromatic heterocycles. The van der Waals surface area contributed by atoms with Gasteiger partial charge in [0, 0.05) is 19.7 Å². The van der Waals surface area contributed by atoms with Crippen molar-refractivity contribution in [3.8, 4) is 6.07 Å². The van der Waals surface area contributed by atoms with Crippen LogP contribution in [0.15, 0.2) is 0 Å². The molecule has 1 fully saturated rings. The van der Waals surface area contributed by atoms with E-state index < -0.39 is 8.32 Å². The molecule has 1 atom stereocenters. The van der Waals surface area contributed by atoms with E-state index in [9.17, 15) is 0 Å². The molecule has 3 nitrogen and oxygen atoms in total. The zero-order valence-electron chi connectivity index (χ0n) is 11.9. The Morgan fingerprint density at radius 1 is 1.41 bits per heavy atom. The highest BCUT2D eigenvalue weighted by molar-refractivity contribution is 6.74. The van der Waals surface area contributed by atoms with Gasteiger partial charge in [-0.1, -0.05) is 20.8 Å². The number of hydrogen-bond acceptors (Lipinski definition) is 3. The zero-order chi connectivity index (χ0) is 13.1. The Bertz CT molecular complexity index is 291. The molecule has 4 heteroatoms. The molecular weight excluding hydrogens is 228 g/mol. The van der Waals surface area contributed by atoms with Crippen LogP contribution < -0.4 is 0 Å². The van der Waals surface area contributed by atoms with E-state index in [1.807, 2.05) is 0 Å². The monoisotopic (exact) mass is 254 g/mol. The third-order valence-corrected chi connectivity index (χ3v) is 8.67. The third kappa shape index (κ3) is 4.09. The molecule has 1 aliphatic rings. The minimum atomic E-state index is -1.59. The van der Waals surface area contributed by atoms with Crippen molar-refractivity contribution < 1.29 is 4.43 Å². The van der Waals surface area contributed by atoms with Crippen LogP contribution in [0.2, 0.25) is 18.1 Å². The SMILES string of the molecule is CC(C)(C)[Si](C)(C)OCCN1CCC(C#N)C1. The van der Waals surface area contributed by atoms with E-state index in [1.165, 1.54) is 0 Å². The first-order chi connectivity index (χ1) is 7.76. The molecule has 1 unspecified atom stereocenters. The molecule has 98 valence electrons. The van der Waals surface area contributed by atoms with Crippen LogP contribution in [0.3, 0.4) is 0 Å².